The number of ether oxygens (including phenoxy) is 1. The summed E-state index contributed by atoms with van der Waals surface area (Å²) in [4.78, 5) is 30.7. The molecule has 2 unspecified atom stereocenters. The number of nitrogens with zero attached hydrogens (tertiary/aromatic N) is 4. The number of hydrogen-bond donors (Lipinski definition) is 1. The number of amides is 2. The van der Waals surface area contributed by atoms with Crippen molar-refractivity contribution in [2.24, 2.45) is 5.92 Å². The molecule has 8 heteroatoms. The van der Waals surface area contributed by atoms with E-state index in [0.717, 1.165) is 5.56 Å². The van der Waals surface area contributed by atoms with Crippen LogP contribution in [0.3, 0.4) is 0 Å². The molecular formula is C20H27N5O3. The molecule has 150 valence electrons. The highest BCUT2D eigenvalue weighted by Gasteiger charge is 2.34. The summed E-state index contributed by atoms with van der Waals surface area (Å²) in [6, 6.07) is 9.54. The van der Waals surface area contributed by atoms with Gasteiger partial charge in [0.05, 0.1) is 18.5 Å². The van der Waals surface area contributed by atoms with Crippen LogP contribution in [0.1, 0.15) is 38.8 Å². The van der Waals surface area contributed by atoms with Crippen LogP contribution in [0.2, 0.25) is 0 Å². The molecule has 1 aromatic carbocycles. The molecule has 2 aromatic rings. The standard InChI is InChI=1S/C20H27N5O3/c1-20(2,3)28-19(27)24-10-9-16(11-24)18(26)23-17(12-25-14-21-13-22-25)15-7-5-4-6-8-15/h4-8,13-14,16-17H,9-12H2,1-3H3,(H,23,26). The minimum atomic E-state index is -0.548. The van der Waals surface area contributed by atoms with Gasteiger partial charge in [-0.25, -0.2) is 9.78 Å². The van der Waals surface area contributed by atoms with Gasteiger partial charge in [-0.05, 0) is 32.8 Å². The summed E-state index contributed by atoms with van der Waals surface area (Å²) in [5, 5.41) is 7.26. The van der Waals surface area contributed by atoms with E-state index in [1.165, 1.54) is 6.33 Å². The normalized spacial score (nSPS) is 18.0. The van der Waals surface area contributed by atoms with Gasteiger partial charge in [-0.15, -0.1) is 0 Å². The van der Waals surface area contributed by atoms with Crippen LogP contribution in [0.25, 0.3) is 0 Å². The fraction of sp³-hybridized carbons (Fsp3) is 0.500. The first-order valence-electron chi connectivity index (χ1n) is 9.47. The van der Waals surface area contributed by atoms with Gasteiger partial charge < -0.3 is 15.0 Å². The average Bonchev–Trinajstić information content (AvgIpc) is 3.32. The van der Waals surface area contributed by atoms with Crippen LogP contribution in [0.15, 0.2) is 43.0 Å². The molecule has 3 rings (SSSR count). The molecule has 1 N–H and O–H groups in total. The summed E-state index contributed by atoms with van der Waals surface area (Å²) in [6.45, 7) is 6.87. The predicted molar refractivity (Wildman–Crippen MR) is 103 cm³/mol. The van der Waals surface area contributed by atoms with Crippen LogP contribution >= 0.6 is 0 Å². The van der Waals surface area contributed by atoms with Crippen molar-refractivity contribution in [2.45, 2.75) is 45.4 Å². The Hall–Kier alpha value is -2.90. The zero-order valence-electron chi connectivity index (χ0n) is 16.5. The van der Waals surface area contributed by atoms with Crippen LogP contribution in [-0.2, 0) is 16.1 Å². The van der Waals surface area contributed by atoms with E-state index >= 15 is 0 Å². The molecule has 2 atom stereocenters. The number of carbonyl (C=O) groups excluding carboxylic acids is 2. The van der Waals surface area contributed by atoms with Gasteiger partial charge in [0.2, 0.25) is 5.91 Å². The summed E-state index contributed by atoms with van der Waals surface area (Å²) in [6.07, 6.45) is 3.35. The van der Waals surface area contributed by atoms with Gasteiger partial charge in [0, 0.05) is 13.1 Å². The lowest BCUT2D eigenvalue weighted by molar-refractivity contribution is -0.125. The molecule has 1 fully saturated rings. The van der Waals surface area contributed by atoms with Crippen LogP contribution < -0.4 is 5.32 Å². The molecule has 0 bridgehead atoms. The molecule has 0 saturated carbocycles. The molecule has 1 saturated heterocycles. The van der Waals surface area contributed by atoms with Gasteiger partial charge in [-0.2, -0.15) is 5.10 Å². The smallest absolute Gasteiger partial charge is 0.410 e. The van der Waals surface area contributed by atoms with E-state index in [1.54, 1.807) is 15.9 Å². The van der Waals surface area contributed by atoms with E-state index in [4.69, 9.17) is 4.74 Å². The van der Waals surface area contributed by atoms with Gasteiger partial charge in [0.1, 0.15) is 18.3 Å². The molecule has 1 aliphatic rings. The van der Waals surface area contributed by atoms with Crippen LogP contribution in [0, 0.1) is 5.92 Å². The van der Waals surface area contributed by atoms with E-state index in [-0.39, 0.29) is 24.0 Å². The summed E-state index contributed by atoms with van der Waals surface area (Å²) in [5.74, 6) is -0.325. The summed E-state index contributed by atoms with van der Waals surface area (Å²) in [7, 11) is 0. The Bertz CT molecular complexity index is 786. The van der Waals surface area contributed by atoms with Gasteiger partial charge in [0.25, 0.3) is 0 Å². The molecule has 1 aliphatic heterocycles. The Morgan fingerprint density at radius 2 is 2.04 bits per heavy atom. The maximum atomic E-state index is 12.9. The molecular weight excluding hydrogens is 358 g/mol. The Labute approximate surface area is 164 Å². The minimum Gasteiger partial charge on any atom is -0.444 e. The first-order chi connectivity index (χ1) is 13.3. The second-order valence-electron chi connectivity index (χ2n) is 8.00. The quantitative estimate of drug-likeness (QED) is 0.854. The zero-order chi connectivity index (χ0) is 20.1. The Balaban J connectivity index is 1.63. The summed E-state index contributed by atoms with van der Waals surface area (Å²) >= 11 is 0. The van der Waals surface area contributed by atoms with Crippen molar-refractivity contribution in [1.82, 2.24) is 25.0 Å². The SMILES string of the molecule is CC(C)(C)OC(=O)N1CCC(C(=O)NC(Cn2cncn2)c2ccccc2)C1. The zero-order valence-corrected chi connectivity index (χ0v) is 16.5. The third-order valence-electron chi connectivity index (χ3n) is 4.57. The first kappa shape index (κ1) is 19.9. The van der Waals surface area contributed by atoms with E-state index in [1.807, 2.05) is 51.1 Å². The monoisotopic (exact) mass is 385 g/mol. The average molecular weight is 385 g/mol. The van der Waals surface area contributed by atoms with Gasteiger partial charge in [0.15, 0.2) is 0 Å². The number of benzene rings is 1. The fourth-order valence-corrected chi connectivity index (χ4v) is 3.19. The Morgan fingerprint density at radius 1 is 1.29 bits per heavy atom. The van der Waals surface area contributed by atoms with Crippen molar-refractivity contribution in [3.05, 3.63) is 48.5 Å². The van der Waals surface area contributed by atoms with Crippen molar-refractivity contribution >= 4 is 12.0 Å². The maximum absolute atomic E-state index is 12.9. The fourth-order valence-electron chi connectivity index (χ4n) is 3.19. The van der Waals surface area contributed by atoms with Crippen LogP contribution in [0.4, 0.5) is 4.79 Å². The highest BCUT2D eigenvalue weighted by Crippen LogP contribution is 2.22. The van der Waals surface area contributed by atoms with Crippen LogP contribution in [0.5, 0.6) is 0 Å². The molecule has 0 spiro atoms. The van der Waals surface area contributed by atoms with E-state index in [2.05, 4.69) is 15.4 Å². The van der Waals surface area contributed by atoms with E-state index < -0.39 is 5.60 Å². The summed E-state index contributed by atoms with van der Waals surface area (Å²) in [5.41, 5.74) is 0.446. The van der Waals surface area contributed by atoms with Crippen molar-refractivity contribution < 1.29 is 14.3 Å². The molecule has 2 heterocycles. The lowest BCUT2D eigenvalue weighted by Crippen LogP contribution is -2.39. The molecule has 0 radical (unpaired) electrons. The van der Waals surface area contributed by atoms with Crippen molar-refractivity contribution in [1.29, 1.82) is 0 Å². The van der Waals surface area contributed by atoms with E-state index in [9.17, 15) is 9.59 Å². The van der Waals surface area contributed by atoms with Gasteiger partial charge in [-0.1, -0.05) is 30.3 Å². The topological polar surface area (TPSA) is 89.4 Å². The third kappa shape index (κ3) is 5.31. The minimum absolute atomic E-state index is 0.0694. The number of rotatable bonds is 5. The van der Waals surface area contributed by atoms with Gasteiger partial charge in [-0.3, -0.25) is 9.48 Å². The van der Waals surface area contributed by atoms with Crippen molar-refractivity contribution in [2.75, 3.05) is 13.1 Å². The lowest BCUT2D eigenvalue weighted by atomic mass is 10.0. The Kier molecular flexibility index (Phi) is 5.96. The summed E-state index contributed by atoms with van der Waals surface area (Å²) < 4.78 is 7.10. The van der Waals surface area contributed by atoms with Crippen LogP contribution in [-0.4, -0.2) is 50.4 Å². The molecule has 8 nitrogen and oxygen atoms in total. The number of likely N-dealkylation sites (tertiary alicyclic amines) is 1. The van der Waals surface area contributed by atoms with Crippen molar-refractivity contribution in [3.8, 4) is 0 Å². The maximum Gasteiger partial charge on any atom is 0.410 e. The largest absolute Gasteiger partial charge is 0.444 e. The first-order valence-corrected chi connectivity index (χ1v) is 9.47. The highest BCUT2D eigenvalue weighted by molar-refractivity contribution is 5.81. The highest BCUT2D eigenvalue weighted by atomic mass is 16.6. The Morgan fingerprint density at radius 3 is 2.68 bits per heavy atom. The molecule has 1 aromatic heterocycles. The number of carbonyl (C=O) groups is 2. The van der Waals surface area contributed by atoms with Crippen molar-refractivity contribution in [3.63, 3.8) is 0 Å². The number of nitrogens with one attached hydrogen (secondary N) is 1. The molecule has 2 amide bonds. The molecule has 0 aliphatic carbocycles. The second kappa shape index (κ2) is 8.41. The van der Waals surface area contributed by atoms with Gasteiger partial charge >= 0.3 is 6.09 Å². The predicted octanol–water partition coefficient (Wildman–Crippen LogP) is 2.39. The lowest BCUT2D eigenvalue weighted by Gasteiger charge is -2.24. The number of aromatic nitrogens is 3. The second-order valence-corrected chi connectivity index (χ2v) is 8.00. The number of hydrogen-bond acceptors (Lipinski definition) is 5. The van der Waals surface area contributed by atoms with E-state index in [0.29, 0.717) is 26.1 Å². The molecule has 28 heavy (non-hydrogen) atoms. The third-order valence-corrected chi connectivity index (χ3v) is 4.57.